The molecule has 23 heavy (non-hydrogen) atoms. The Morgan fingerprint density at radius 1 is 1.22 bits per heavy atom. The van der Waals surface area contributed by atoms with E-state index in [2.05, 4.69) is 57.8 Å². The molecule has 0 aliphatic carbocycles. The highest BCUT2D eigenvalue weighted by Crippen LogP contribution is 2.22. The number of thioether (sulfide) groups is 1. The number of hydrogen-bond donors (Lipinski definition) is 1. The summed E-state index contributed by atoms with van der Waals surface area (Å²) in [5.41, 5.74) is 3.79. The second-order valence-electron chi connectivity index (χ2n) is 6.05. The van der Waals surface area contributed by atoms with Crippen molar-refractivity contribution in [3.05, 3.63) is 46.9 Å². The van der Waals surface area contributed by atoms with Crippen LogP contribution in [0.1, 0.15) is 22.6 Å². The van der Waals surface area contributed by atoms with Crippen LogP contribution in [-0.2, 0) is 19.4 Å². The third-order valence-electron chi connectivity index (χ3n) is 4.27. The fourth-order valence-corrected chi connectivity index (χ4v) is 3.43. The average Bonchev–Trinajstić information content (AvgIpc) is 2.75. The lowest BCUT2D eigenvalue weighted by atomic mass is 10.1. The molecule has 2 heterocycles. The molecule has 122 valence electrons. The first-order valence-corrected chi connectivity index (χ1v) is 9.30. The van der Waals surface area contributed by atoms with E-state index in [1.165, 1.54) is 21.7 Å². The monoisotopic (exact) mass is 328 g/mol. The molecule has 4 nitrogen and oxygen atoms in total. The van der Waals surface area contributed by atoms with E-state index in [9.17, 15) is 0 Å². The summed E-state index contributed by atoms with van der Waals surface area (Å²) >= 11 is 1.77. The van der Waals surface area contributed by atoms with Crippen molar-refractivity contribution in [2.75, 3.05) is 31.7 Å². The van der Waals surface area contributed by atoms with Gasteiger partial charge in [-0.15, -0.1) is 11.8 Å². The zero-order valence-electron chi connectivity index (χ0n) is 14.1. The largest absolute Gasteiger partial charge is 0.366 e. The molecule has 0 amide bonds. The van der Waals surface area contributed by atoms with Crippen molar-refractivity contribution in [3.8, 4) is 0 Å². The van der Waals surface area contributed by atoms with Gasteiger partial charge in [0, 0.05) is 36.5 Å². The molecular weight excluding hydrogens is 304 g/mol. The van der Waals surface area contributed by atoms with Crippen LogP contribution in [0.5, 0.6) is 0 Å². The maximum atomic E-state index is 4.67. The predicted molar refractivity (Wildman–Crippen MR) is 97.2 cm³/mol. The third kappa shape index (κ3) is 4.03. The summed E-state index contributed by atoms with van der Waals surface area (Å²) in [7, 11) is 2.17. The Morgan fingerprint density at radius 3 is 2.87 bits per heavy atom. The highest BCUT2D eigenvalue weighted by molar-refractivity contribution is 7.98. The maximum absolute atomic E-state index is 4.67. The fraction of sp³-hybridized carbons (Fsp3) is 0.444. The molecule has 3 rings (SSSR count). The van der Waals surface area contributed by atoms with E-state index >= 15 is 0 Å². The van der Waals surface area contributed by atoms with Crippen LogP contribution in [0.25, 0.3) is 0 Å². The minimum Gasteiger partial charge on any atom is -0.366 e. The van der Waals surface area contributed by atoms with Gasteiger partial charge in [0.05, 0.1) is 5.69 Å². The summed E-state index contributed by atoms with van der Waals surface area (Å²) in [6, 6.07) is 8.65. The van der Waals surface area contributed by atoms with Crippen molar-refractivity contribution in [3.63, 3.8) is 0 Å². The normalized spacial score (nSPS) is 15.1. The van der Waals surface area contributed by atoms with Crippen molar-refractivity contribution in [1.82, 2.24) is 14.9 Å². The molecule has 1 aliphatic heterocycles. The van der Waals surface area contributed by atoms with Crippen LogP contribution in [0.15, 0.2) is 29.2 Å². The van der Waals surface area contributed by atoms with E-state index in [1.807, 2.05) is 6.92 Å². The van der Waals surface area contributed by atoms with Gasteiger partial charge in [0.25, 0.3) is 0 Å². The second-order valence-corrected chi connectivity index (χ2v) is 6.93. The highest BCUT2D eigenvalue weighted by atomic mass is 32.2. The highest BCUT2D eigenvalue weighted by Gasteiger charge is 2.17. The van der Waals surface area contributed by atoms with Crippen molar-refractivity contribution in [2.45, 2.75) is 31.2 Å². The summed E-state index contributed by atoms with van der Waals surface area (Å²) in [4.78, 5) is 13.0. The van der Waals surface area contributed by atoms with Gasteiger partial charge in [-0.2, -0.15) is 0 Å². The number of nitrogens with one attached hydrogen (secondary N) is 1. The Hall–Kier alpha value is -1.59. The Morgan fingerprint density at radius 2 is 2.04 bits per heavy atom. The quantitative estimate of drug-likeness (QED) is 0.873. The van der Waals surface area contributed by atoms with Gasteiger partial charge in [-0.25, -0.2) is 9.97 Å². The van der Waals surface area contributed by atoms with E-state index in [1.54, 1.807) is 11.8 Å². The van der Waals surface area contributed by atoms with Crippen molar-refractivity contribution in [1.29, 1.82) is 0 Å². The number of benzene rings is 1. The molecule has 0 radical (unpaired) electrons. The van der Waals surface area contributed by atoms with E-state index in [4.69, 9.17) is 0 Å². The van der Waals surface area contributed by atoms with Gasteiger partial charge in [0.1, 0.15) is 11.6 Å². The van der Waals surface area contributed by atoms with Gasteiger partial charge in [0.15, 0.2) is 0 Å². The molecule has 0 unspecified atom stereocenters. The number of anilines is 1. The predicted octanol–water partition coefficient (Wildman–Crippen LogP) is 3.15. The molecular formula is C18H24N4S. The van der Waals surface area contributed by atoms with Gasteiger partial charge in [-0.05, 0) is 44.3 Å². The van der Waals surface area contributed by atoms with E-state index < -0.39 is 0 Å². The third-order valence-corrected chi connectivity index (χ3v) is 5.00. The molecule has 0 fully saturated rings. The summed E-state index contributed by atoms with van der Waals surface area (Å²) in [6.07, 6.45) is 4.13. The van der Waals surface area contributed by atoms with Crippen molar-refractivity contribution < 1.29 is 0 Å². The topological polar surface area (TPSA) is 41.1 Å². The number of fused-ring (bicyclic) bond motifs is 1. The number of likely N-dealkylation sites (N-methyl/N-ethyl adjacent to an activating group) is 1. The maximum Gasteiger partial charge on any atom is 0.133 e. The van der Waals surface area contributed by atoms with Gasteiger partial charge in [-0.1, -0.05) is 12.1 Å². The van der Waals surface area contributed by atoms with Crippen LogP contribution in [0.3, 0.4) is 0 Å². The number of rotatable bonds is 4. The minimum absolute atomic E-state index is 0.799. The van der Waals surface area contributed by atoms with Gasteiger partial charge in [-0.3, -0.25) is 0 Å². The van der Waals surface area contributed by atoms with Crippen LogP contribution < -0.4 is 5.32 Å². The molecule has 0 saturated carbocycles. The first-order chi connectivity index (χ1) is 11.2. The molecule has 1 aliphatic rings. The van der Waals surface area contributed by atoms with Crippen LogP contribution in [0.2, 0.25) is 0 Å². The smallest absolute Gasteiger partial charge is 0.133 e. The Balaban J connectivity index is 1.81. The van der Waals surface area contributed by atoms with E-state index in [-0.39, 0.29) is 0 Å². The van der Waals surface area contributed by atoms with Crippen molar-refractivity contribution in [2.24, 2.45) is 0 Å². The van der Waals surface area contributed by atoms with Crippen LogP contribution in [0.4, 0.5) is 5.82 Å². The minimum atomic E-state index is 0.799. The van der Waals surface area contributed by atoms with Crippen LogP contribution in [-0.4, -0.2) is 41.3 Å². The molecule has 1 N–H and O–H groups in total. The lowest BCUT2D eigenvalue weighted by Gasteiger charge is -2.14. The number of aromatic nitrogens is 2. The zero-order chi connectivity index (χ0) is 16.2. The molecule has 0 atom stereocenters. The van der Waals surface area contributed by atoms with Crippen LogP contribution >= 0.6 is 11.8 Å². The number of aryl methyl sites for hydroxylation is 1. The van der Waals surface area contributed by atoms with Crippen LogP contribution in [0, 0.1) is 6.92 Å². The number of nitrogens with zero attached hydrogens (tertiary/aromatic N) is 3. The molecule has 1 aromatic heterocycles. The van der Waals surface area contributed by atoms with Gasteiger partial charge < -0.3 is 10.2 Å². The zero-order valence-corrected chi connectivity index (χ0v) is 14.9. The summed E-state index contributed by atoms with van der Waals surface area (Å²) in [5.74, 6) is 1.87. The summed E-state index contributed by atoms with van der Waals surface area (Å²) < 4.78 is 0. The van der Waals surface area contributed by atoms with Gasteiger partial charge >= 0.3 is 0 Å². The Bertz CT molecular complexity index is 687. The van der Waals surface area contributed by atoms with Gasteiger partial charge in [0.2, 0.25) is 0 Å². The fourth-order valence-electron chi connectivity index (χ4n) is 2.95. The Kier molecular flexibility index (Phi) is 5.18. The van der Waals surface area contributed by atoms with E-state index in [0.717, 1.165) is 44.1 Å². The summed E-state index contributed by atoms with van der Waals surface area (Å²) in [5, 5.41) is 3.54. The molecule has 1 aromatic carbocycles. The first-order valence-electron chi connectivity index (χ1n) is 8.07. The molecule has 5 heteroatoms. The second kappa shape index (κ2) is 7.32. The van der Waals surface area contributed by atoms with Crippen molar-refractivity contribution >= 4 is 17.6 Å². The summed E-state index contributed by atoms with van der Waals surface area (Å²) in [6.45, 7) is 4.91. The molecule has 0 spiro atoms. The molecule has 0 saturated heterocycles. The number of hydrogen-bond acceptors (Lipinski definition) is 5. The standard InChI is InChI=1S/C18H24N4S/c1-13-20-17-8-10-22(2)9-7-16(17)18(21-13)19-12-14-5-4-6-15(11-14)23-3/h4-6,11H,7-10,12H2,1-3H3,(H,19,20,21). The van der Waals surface area contributed by atoms with E-state index in [0.29, 0.717) is 0 Å². The lowest BCUT2D eigenvalue weighted by Crippen LogP contribution is -2.20. The average molecular weight is 328 g/mol. The Labute approximate surface area is 142 Å². The first kappa shape index (κ1) is 16.3. The molecule has 2 aromatic rings. The molecule has 0 bridgehead atoms. The SMILES string of the molecule is CSc1cccc(CNc2nc(C)nc3c2CCN(C)CC3)c1. The lowest BCUT2D eigenvalue weighted by molar-refractivity contribution is 0.352.